The number of likely N-dealkylation sites (tertiary alicyclic amines) is 1. The Balaban J connectivity index is 1.52. The Kier molecular flexibility index (Phi) is 6.74. The Labute approximate surface area is 167 Å². The van der Waals surface area contributed by atoms with Gasteiger partial charge in [-0.15, -0.1) is 0 Å². The number of pyridine rings is 1. The van der Waals surface area contributed by atoms with Gasteiger partial charge in [0, 0.05) is 25.4 Å². The Bertz CT molecular complexity index is 885. The average molecular weight is 407 g/mol. The zero-order chi connectivity index (χ0) is 20.9. The molecule has 1 fully saturated rings. The lowest BCUT2D eigenvalue weighted by Gasteiger charge is -2.26. The highest BCUT2D eigenvalue weighted by molar-refractivity contribution is 5.75. The van der Waals surface area contributed by atoms with E-state index in [1.54, 1.807) is 0 Å². The van der Waals surface area contributed by atoms with Crippen LogP contribution in [0, 0.1) is 0 Å². The number of carbonyl (C=O) groups is 1. The molecule has 0 aliphatic carbocycles. The fourth-order valence-electron chi connectivity index (χ4n) is 3.37. The zero-order valence-corrected chi connectivity index (χ0v) is 16.0. The minimum Gasteiger partial charge on any atom is -0.350 e. The molecule has 1 saturated heterocycles. The number of benzene rings is 1. The van der Waals surface area contributed by atoms with Crippen molar-refractivity contribution in [3.63, 3.8) is 0 Å². The van der Waals surface area contributed by atoms with Crippen LogP contribution in [0.1, 0.15) is 36.0 Å². The quantitative estimate of drug-likeness (QED) is 0.800. The summed E-state index contributed by atoms with van der Waals surface area (Å²) >= 11 is 0. The first-order chi connectivity index (χ1) is 13.8. The van der Waals surface area contributed by atoms with Crippen LogP contribution in [0.2, 0.25) is 0 Å². The molecule has 0 atom stereocenters. The second-order valence-corrected chi connectivity index (χ2v) is 7.31. The zero-order valence-electron chi connectivity index (χ0n) is 16.0. The van der Waals surface area contributed by atoms with Crippen molar-refractivity contribution in [3.05, 3.63) is 69.6 Å². The Morgan fingerprint density at radius 1 is 0.966 bits per heavy atom. The van der Waals surface area contributed by atoms with E-state index in [0.29, 0.717) is 12.3 Å². The van der Waals surface area contributed by atoms with Crippen LogP contribution in [-0.2, 0) is 30.6 Å². The van der Waals surface area contributed by atoms with Crippen molar-refractivity contribution in [2.45, 2.75) is 45.1 Å². The van der Waals surface area contributed by atoms with Crippen LogP contribution in [0.25, 0.3) is 0 Å². The van der Waals surface area contributed by atoms with Gasteiger partial charge in [0.25, 0.3) is 5.56 Å². The lowest BCUT2D eigenvalue weighted by Crippen LogP contribution is -2.32. The van der Waals surface area contributed by atoms with Gasteiger partial charge >= 0.3 is 6.18 Å². The molecule has 1 N–H and O–H groups in total. The largest absolute Gasteiger partial charge is 0.417 e. The van der Waals surface area contributed by atoms with Crippen LogP contribution >= 0.6 is 0 Å². The van der Waals surface area contributed by atoms with E-state index in [-0.39, 0.29) is 6.54 Å². The molecule has 1 aromatic heterocycles. The summed E-state index contributed by atoms with van der Waals surface area (Å²) < 4.78 is 39.1. The molecule has 1 aromatic carbocycles. The molecule has 156 valence electrons. The molecule has 0 spiro atoms. The summed E-state index contributed by atoms with van der Waals surface area (Å²) in [5, 5.41) is 2.64. The van der Waals surface area contributed by atoms with Crippen molar-refractivity contribution in [2.75, 3.05) is 13.1 Å². The predicted molar refractivity (Wildman–Crippen MR) is 103 cm³/mol. The minimum absolute atomic E-state index is 0.247. The summed E-state index contributed by atoms with van der Waals surface area (Å²) in [6.45, 7) is 2.93. The van der Waals surface area contributed by atoms with Crippen LogP contribution in [0.5, 0.6) is 0 Å². The van der Waals surface area contributed by atoms with Gasteiger partial charge in [0.05, 0.1) is 5.56 Å². The first kappa shape index (κ1) is 21.1. The third kappa shape index (κ3) is 6.19. The Morgan fingerprint density at radius 3 is 2.28 bits per heavy atom. The van der Waals surface area contributed by atoms with Gasteiger partial charge in [-0.2, -0.15) is 13.2 Å². The molecule has 0 saturated carbocycles. The number of carbonyl (C=O) groups excluding carboxylic acids is 1. The van der Waals surface area contributed by atoms with E-state index in [4.69, 9.17) is 0 Å². The van der Waals surface area contributed by atoms with Crippen molar-refractivity contribution in [1.29, 1.82) is 0 Å². The second-order valence-electron chi connectivity index (χ2n) is 7.31. The van der Waals surface area contributed by atoms with Crippen molar-refractivity contribution in [3.8, 4) is 0 Å². The third-order valence-electron chi connectivity index (χ3n) is 4.99. The van der Waals surface area contributed by atoms with Gasteiger partial charge in [0.1, 0.15) is 6.54 Å². The summed E-state index contributed by atoms with van der Waals surface area (Å²) in [6.07, 6.45) is -0.140. The fraction of sp³-hybridized carbons (Fsp3) is 0.429. The van der Waals surface area contributed by atoms with Gasteiger partial charge in [-0.1, -0.05) is 30.7 Å². The molecule has 1 aliphatic heterocycles. The molecule has 0 radical (unpaired) electrons. The van der Waals surface area contributed by atoms with Gasteiger partial charge in [-0.25, -0.2) is 0 Å². The number of nitrogens with one attached hydrogen (secondary N) is 1. The highest BCUT2D eigenvalue weighted by atomic mass is 19.4. The topological polar surface area (TPSA) is 54.3 Å². The normalized spacial score (nSPS) is 15.3. The number of hydrogen-bond donors (Lipinski definition) is 1. The maximum absolute atomic E-state index is 12.8. The van der Waals surface area contributed by atoms with Crippen LogP contribution in [0.15, 0.2) is 47.4 Å². The average Bonchev–Trinajstić information content (AvgIpc) is 2.69. The maximum Gasteiger partial charge on any atom is 0.417 e. The molecule has 3 rings (SSSR count). The Morgan fingerprint density at radius 2 is 1.62 bits per heavy atom. The van der Waals surface area contributed by atoms with E-state index in [1.165, 1.54) is 24.8 Å². The predicted octanol–water partition coefficient (Wildman–Crippen LogP) is 3.17. The molecule has 1 aliphatic rings. The number of aromatic nitrogens is 1. The number of hydrogen-bond acceptors (Lipinski definition) is 3. The summed E-state index contributed by atoms with van der Waals surface area (Å²) in [5.41, 5.74) is 0.471. The number of nitrogens with zero attached hydrogens (tertiary/aromatic N) is 2. The van der Waals surface area contributed by atoms with Crippen LogP contribution in [0.4, 0.5) is 13.2 Å². The molecule has 2 heterocycles. The summed E-state index contributed by atoms with van der Waals surface area (Å²) in [4.78, 5) is 26.2. The first-order valence-electron chi connectivity index (χ1n) is 9.66. The van der Waals surface area contributed by atoms with Crippen LogP contribution in [0.3, 0.4) is 0 Å². The van der Waals surface area contributed by atoms with Gasteiger partial charge < -0.3 is 9.88 Å². The van der Waals surface area contributed by atoms with E-state index in [0.717, 1.165) is 35.8 Å². The van der Waals surface area contributed by atoms with E-state index < -0.39 is 29.8 Å². The highest BCUT2D eigenvalue weighted by Gasteiger charge is 2.31. The van der Waals surface area contributed by atoms with Crippen LogP contribution in [-0.4, -0.2) is 28.5 Å². The molecule has 29 heavy (non-hydrogen) atoms. The summed E-state index contributed by atoms with van der Waals surface area (Å²) in [7, 11) is 0. The number of rotatable bonds is 6. The molecular weight excluding hydrogens is 383 g/mol. The van der Waals surface area contributed by atoms with Crippen molar-refractivity contribution in [1.82, 2.24) is 14.8 Å². The van der Waals surface area contributed by atoms with Crippen molar-refractivity contribution < 1.29 is 18.0 Å². The van der Waals surface area contributed by atoms with Gasteiger partial charge in [-0.3, -0.25) is 14.5 Å². The minimum atomic E-state index is -4.57. The van der Waals surface area contributed by atoms with E-state index in [1.807, 2.05) is 24.3 Å². The fourth-order valence-corrected chi connectivity index (χ4v) is 3.37. The lowest BCUT2D eigenvalue weighted by atomic mass is 10.1. The molecule has 5 nitrogen and oxygen atoms in total. The number of halogens is 3. The summed E-state index contributed by atoms with van der Waals surface area (Å²) in [6, 6.07) is 9.42. The van der Waals surface area contributed by atoms with E-state index in [2.05, 4.69) is 10.2 Å². The molecule has 2 aromatic rings. The standard InChI is InChI=1S/C21H24F3N3O2/c22-21(23,24)18-8-9-20(29)27(14-18)15-19(28)25-12-16-4-6-17(7-5-16)13-26-10-2-1-3-11-26/h4-9,14H,1-3,10-13,15H2,(H,25,28). The summed E-state index contributed by atoms with van der Waals surface area (Å²) in [5.74, 6) is -0.524. The molecular formula is C21H24F3N3O2. The van der Waals surface area contributed by atoms with Crippen molar-refractivity contribution >= 4 is 5.91 Å². The molecule has 0 unspecified atom stereocenters. The van der Waals surface area contributed by atoms with E-state index >= 15 is 0 Å². The first-order valence-corrected chi connectivity index (χ1v) is 9.66. The maximum atomic E-state index is 12.8. The van der Waals surface area contributed by atoms with Crippen molar-refractivity contribution in [2.24, 2.45) is 0 Å². The Hall–Kier alpha value is -2.61. The number of alkyl halides is 3. The van der Waals surface area contributed by atoms with Gasteiger partial charge in [0.15, 0.2) is 0 Å². The van der Waals surface area contributed by atoms with Gasteiger partial charge in [0.2, 0.25) is 5.91 Å². The number of amides is 1. The third-order valence-corrected chi connectivity index (χ3v) is 4.99. The SMILES string of the molecule is O=C(Cn1cc(C(F)(F)F)ccc1=O)NCc1ccc(CN2CCCCC2)cc1. The van der Waals surface area contributed by atoms with Crippen LogP contribution < -0.4 is 10.9 Å². The van der Waals surface area contributed by atoms with Gasteiger partial charge in [-0.05, 0) is 43.1 Å². The molecule has 8 heteroatoms. The molecule has 0 bridgehead atoms. The smallest absolute Gasteiger partial charge is 0.350 e. The highest BCUT2D eigenvalue weighted by Crippen LogP contribution is 2.27. The monoisotopic (exact) mass is 407 g/mol. The second kappa shape index (κ2) is 9.26. The number of piperidine rings is 1. The lowest BCUT2D eigenvalue weighted by molar-refractivity contribution is -0.138. The van der Waals surface area contributed by atoms with E-state index in [9.17, 15) is 22.8 Å². The molecule has 1 amide bonds.